The number of hydrogen-bond donors (Lipinski definition) is 2. The lowest BCUT2D eigenvalue weighted by Gasteiger charge is -2.14. The van der Waals surface area contributed by atoms with Gasteiger partial charge in [-0.2, -0.15) is 5.10 Å². The number of benzene rings is 2. The van der Waals surface area contributed by atoms with Crippen LogP contribution in [0.25, 0.3) is 5.69 Å². The van der Waals surface area contributed by atoms with Gasteiger partial charge in [0.2, 0.25) is 11.8 Å². The Morgan fingerprint density at radius 2 is 1.86 bits per heavy atom. The zero-order chi connectivity index (χ0) is 19.9. The van der Waals surface area contributed by atoms with Crippen LogP contribution in [0.2, 0.25) is 0 Å². The molecule has 7 nitrogen and oxygen atoms in total. The Morgan fingerprint density at radius 1 is 1.11 bits per heavy atom. The van der Waals surface area contributed by atoms with Gasteiger partial charge in [-0.15, -0.1) is 11.8 Å². The first kappa shape index (κ1) is 19.6. The SMILES string of the molecule is Cc1ccc(NC(=O)CSC(C)C(=O)Nc2ccccc2-n2cncn2)cc1. The molecule has 1 aromatic heterocycles. The van der Waals surface area contributed by atoms with Gasteiger partial charge in [-0.05, 0) is 38.1 Å². The minimum Gasteiger partial charge on any atom is -0.325 e. The van der Waals surface area contributed by atoms with E-state index >= 15 is 0 Å². The third-order valence-electron chi connectivity index (χ3n) is 4.00. The summed E-state index contributed by atoms with van der Waals surface area (Å²) in [5, 5.41) is 9.43. The predicted molar refractivity (Wildman–Crippen MR) is 112 cm³/mol. The highest BCUT2D eigenvalue weighted by Crippen LogP contribution is 2.21. The number of carbonyl (C=O) groups is 2. The molecule has 0 saturated carbocycles. The summed E-state index contributed by atoms with van der Waals surface area (Å²) in [5.74, 6) is -0.134. The van der Waals surface area contributed by atoms with Gasteiger partial charge in [0.15, 0.2) is 0 Å². The van der Waals surface area contributed by atoms with Crippen molar-refractivity contribution < 1.29 is 9.59 Å². The number of rotatable bonds is 7. The number of carbonyl (C=O) groups excluding carboxylic acids is 2. The van der Waals surface area contributed by atoms with Crippen LogP contribution in [0, 0.1) is 6.92 Å². The summed E-state index contributed by atoms with van der Waals surface area (Å²) in [6.07, 6.45) is 3.00. The van der Waals surface area contributed by atoms with Gasteiger partial charge in [-0.3, -0.25) is 9.59 Å². The Morgan fingerprint density at radius 3 is 2.57 bits per heavy atom. The lowest BCUT2D eigenvalue weighted by atomic mass is 10.2. The van der Waals surface area contributed by atoms with Crippen molar-refractivity contribution in [2.45, 2.75) is 19.1 Å². The van der Waals surface area contributed by atoms with Crippen LogP contribution in [-0.2, 0) is 9.59 Å². The minimum absolute atomic E-state index is 0.142. The molecule has 8 heteroatoms. The topological polar surface area (TPSA) is 88.9 Å². The molecular weight excluding hydrogens is 374 g/mol. The fourth-order valence-electron chi connectivity index (χ4n) is 2.46. The highest BCUT2D eigenvalue weighted by molar-refractivity contribution is 8.01. The first-order chi connectivity index (χ1) is 13.5. The normalized spacial score (nSPS) is 11.6. The molecule has 1 heterocycles. The van der Waals surface area contributed by atoms with Gasteiger partial charge in [-0.1, -0.05) is 29.8 Å². The third-order valence-corrected chi connectivity index (χ3v) is 5.14. The third kappa shape index (κ3) is 5.20. The van der Waals surface area contributed by atoms with Crippen molar-refractivity contribution >= 4 is 35.0 Å². The summed E-state index contributed by atoms with van der Waals surface area (Å²) >= 11 is 1.28. The first-order valence-corrected chi connectivity index (χ1v) is 9.81. The number of anilines is 2. The Labute approximate surface area is 167 Å². The fraction of sp³-hybridized carbons (Fsp3) is 0.200. The molecule has 1 unspecified atom stereocenters. The summed E-state index contributed by atoms with van der Waals surface area (Å²) in [5.41, 5.74) is 3.23. The number of thioether (sulfide) groups is 1. The summed E-state index contributed by atoms with van der Waals surface area (Å²) < 4.78 is 1.59. The molecule has 3 aromatic rings. The lowest BCUT2D eigenvalue weighted by molar-refractivity contribution is -0.115. The monoisotopic (exact) mass is 395 g/mol. The van der Waals surface area contributed by atoms with E-state index < -0.39 is 5.25 Å². The van der Waals surface area contributed by atoms with Gasteiger partial charge in [0.05, 0.1) is 22.4 Å². The van der Waals surface area contributed by atoms with Crippen LogP contribution in [0.1, 0.15) is 12.5 Å². The zero-order valence-corrected chi connectivity index (χ0v) is 16.4. The van der Waals surface area contributed by atoms with E-state index in [1.807, 2.05) is 49.4 Å². The molecule has 3 rings (SSSR count). The molecule has 144 valence electrons. The summed E-state index contributed by atoms with van der Waals surface area (Å²) in [6.45, 7) is 3.76. The second kappa shape index (κ2) is 9.18. The van der Waals surface area contributed by atoms with Crippen LogP contribution in [0.15, 0.2) is 61.2 Å². The van der Waals surface area contributed by atoms with E-state index in [1.54, 1.807) is 24.0 Å². The Balaban J connectivity index is 1.54. The first-order valence-electron chi connectivity index (χ1n) is 8.76. The van der Waals surface area contributed by atoms with Gasteiger partial charge in [0, 0.05) is 5.69 Å². The molecule has 2 amide bonds. The van der Waals surface area contributed by atoms with Gasteiger partial charge < -0.3 is 10.6 Å². The average molecular weight is 395 g/mol. The van der Waals surface area contributed by atoms with Crippen LogP contribution < -0.4 is 10.6 Å². The van der Waals surface area contributed by atoms with Crippen molar-refractivity contribution in [3.63, 3.8) is 0 Å². The van der Waals surface area contributed by atoms with Gasteiger partial charge in [0.1, 0.15) is 12.7 Å². The average Bonchev–Trinajstić information content (AvgIpc) is 3.23. The minimum atomic E-state index is -0.396. The zero-order valence-electron chi connectivity index (χ0n) is 15.6. The van der Waals surface area contributed by atoms with Crippen LogP contribution in [0.5, 0.6) is 0 Å². The highest BCUT2D eigenvalue weighted by Gasteiger charge is 2.17. The van der Waals surface area contributed by atoms with E-state index in [2.05, 4.69) is 20.7 Å². The number of nitrogens with zero attached hydrogens (tertiary/aromatic N) is 3. The van der Waals surface area contributed by atoms with Gasteiger partial charge in [-0.25, -0.2) is 9.67 Å². The summed E-state index contributed by atoms with van der Waals surface area (Å²) in [6, 6.07) is 14.9. The van der Waals surface area contributed by atoms with Gasteiger partial charge in [0.25, 0.3) is 0 Å². The Hall–Kier alpha value is -3.13. The molecular formula is C20H21N5O2S. The number of aromatic nitrogens is 3. The predicted octanol–water partition coefficient (Wildman–Crippen LogP) is 3.27. The number of aryl methyl sites for hydroxylation is 1. The van der Waals surface area contributed by atoms with E-state index in [-0.39, 0.29) is 17.6 Å². The fourth-order valence-corrected chi connectivity index (χ4v) is 3.14. The largest absolute Gasteiger partial charge is 0.325 e. The van der Waals surface area contributed by atoms with Crippen molar-refractivity contribution in [1.29, 1.82) is 0 Å². The molecule has 0 spiro atoms. The van der Waals surface area contributed by atoms with Crippen LogP contribution in [-0.4, -0.2) is 37.6 Å². The summed E-state index contributed by atoms with van der Waals surface area (Å²) in [7, 11) is 0. The second-order valence-corrected chi connectivity index (χ2v) is 7.54. The van der Waals surface area contributed by atoms with E-state index in [0.29, 0.717) is 5.69 Å². The van der Waals surface area contributed by atoms with Crippen LogP contribution in [0.3, 0.4) is 0 Å². The number of hydrogen-bond acceptors (Lipinski definition) is 5. The van der Waals surface area contributed by atoms with E-state index in [1.165, 1.54) is 18.1 Å². The van der Waals surface area contributed by atoms with E-state index in [0.717, 1.165) is 16.9 Å². The van der Waals surface area contributed by atoms with Gasteiger partial charge >= 0.3 is 0 Å². The number of amides is 2. The molecule has 0 radical (unpaired) electrons. The molecule has 0 aliphatic carbocycles. The van der Waals surface area contributed by atoms with Crippen LogP contribution in [0.4, 0.5) is 11.4 Å². The number of nitrogens with one attached hydrogen (secondary N) is 2. The molecule has 0 saturated heterocycles. The molecule has 2 N–H and O–H groups in total. The Bertz CT molecular complexity index is 941. The Kier molecular flexibility index (Phi) is 6.44. The highest BCUT2D eigenvalue weighted by atomic mass is 32.2. The van der Waals surface area contributed by atoms with Crippen molar-refractivity contribution in [1.82, 2.24) is 14.8 Å². The van der Waals surface area contributed by atoms with E-state index in [4.69, 9.17) is 0 Å². The molecule has 0 fully saturated rings. The van der Waals surface area contributed by atoms with Crippen molar-refractivity contribution in [2.75, 3.05) is 16.4 Å². The number of para-hydroxylation sites is 2. The molecule has 0 aliphatic rings. The molecule has 1 atom stereocenters. The lowest BCUT2D eigenvalue weighted by Crippen LogP contribution is -2.25. The smallest absolute Gasteiger partial charge is 0.237 e. The molecule has 2 aromatic carbocycles. The molecule has 28 heavy (non-hydrogen) atoms. The maximum atomic E-state index is 12.5. The maximum Gasteiger partial charge on any atom is 0.237 e. The molecule has 0 bridgehead atoms. The quantitative estimate of drug-likeness (QED) is 0.641. The van der Waals surface area contributed by atoms with Crippen molar-refractivity contribution in [3.05, 3.63) is 66.7 Å². The maximum absolute atomic E-state index is 12.5. The molecule has 0 aliphatic heterocycles. The second-order valence-electron chi connectivity index (χ2n) is 6.21. The van der Waals surface area contributed by atoms with E-state index in [9.17, 15) is 9.59 Å². The standard InChI is InChI=1S/C20H21N5O2S/c1-14-7-9-16(10-8-14)23-19(26)11-28-15(2)20(27)24-17-5-3-4-6-18(17)25-13-21-12-22-25/h3-10,12-13,15H,11H2,1-2H3,(H,23,26)(H,24,27). The summed E-state index contributed by atoms with van der Waals surface area (Å²) in [4.78, 5) is 28.6. The van der Waals surface area contributed by atoms with Crippen molar-refractivity contribution in [3.8, 4) is 5.69 Å². The van der Waals surface area contributed by atoms with Crippen molar-refractivity contribution in [2.24, 2.45) is 0 Å². The van der Waals surface area contributed by atoms with Crippen LogP contribution >= 0.6 is 11.8 Å².